The zero-order valence-corrected chi connectivity index (χ0v) is 27.8. The number of fused-ring (bicyclic) bond motifs is 5. The molecule has 0 radical (unpaired) electrons. The zero-order chi connectivity index (χ0) is 33.3. The van der Waals surface area contributed by atoms with Crippen LogP contribution in [0, 0.1) is 46.3 Å². The summed E-state index contributed by atoms with van der Waals surface area (Å²) in [5, 5.41) is 65.8. The normalized spacial score (nSPS) is 50.2. The van der Waals surface area contributed by atoms with Crippen LogP contribution in [-0.2, 0) is 24.1 Å². The van der Waals surface area contributed by atoms with Gasteiger partial charge in [0.2, 0.25) is 0 Å². The van der Waals surface area contributed by atoms with Gasteiger partial charge in [0.1, 0.15) is 18.3 Å². The van der Waals surface area contributed by atoms with Crippen molar-refractivity contribution < 1.29 is 57.3 Å². The summed E-state index contributed by atoms with van der Waals surface area (Å²) in [4.78, 5) is 0. The highest BCUT2D eigenvalue weighted by molar-refractivity contribution is 7.80. The molecule has 4 aliphatic carbocycles. The minimum Gasteiger partial charge on any atom is -0.393 e. The van der Waals surface area contributed by atoms with Gasteiger partial charge < -0.3 is 40.1 Å². The Bertz CT molecular complexity index is 1200. The summed E-state index contributed by atoms with van der Waals surface area (Å²) in [5.41, 5.74) is -2.22. The SMILES string of the molecule is CC(C)[C@H](/C=C/[C@@H](C)[C@H]1C[C@H](O)[C@@H]2[C@]1(C)CC[C@@H]1[C@@]3(C)CC[C@H](OS(=O)(=O)O)C[C@@H]3[C@H](O)C[C@]12O)O[C@@H]1OC[C@@H](O)[C@H](O)[C@H]1O. The molecule has 0 amide bonds. The molecule has 0 bridgehead atoms. The summed E-state index contributed by atoms with van der Waals surface area (Å²) in [7, 11) is -4.62. The van der Waals surface area contributed by atoms with Crippen molar-refractivity contribution in [3.63, 3.8) is 0 Å². The van der Waals surface area contributed by atoms with E-state index in [1.807, 2.05) is 19.9 Å². The van der Waals surface area contributed by atoms with Crippen LogP contribution in [0.5, 0.6) is 0 Å². The van der Waals surface area contributed by atoms with E-state index in [9.17, 15) is 43.6 Å². The van der Waals surface area contributed by atoms with Crippen LogP contribution in [-0.4, -0.2) is 105 Å². The third kappa shape index (κ3) is 6.41. The number of hydrogen-bond donors (Lipinski definition) is 7. The van der Waals surface area contributed by atoms with Crippen molar-refractivity contribution in [2.45, 2.75) is 134 Å². The van der Waals surface area contributed by atoms with Gasteiger partial charge in [-0.15, -0.1) is 0 Å². The number of rotatable bonds is 8. The fraction of sp³-hybridized carbons (Fsp3) is 0.938. The summed E-state index contributed by atoms with van der Waals surface area (Å²) in [6.45, 7) is 10.1. The van der Waals surface area contributed by atoms with Crippen molar-refractivity contribution in [2.24, 2.45) is 46.3 Å². The zero-order valence-electron chi connectivity index (χ0n) is 27.0. The van der Waals surface area contributed by atoms with Gasteiger partial charge in [-0.25, -0.2) is 4.18 Å². The maximum atomic E-state index is 12.6. The molecule has 16 atom stereocenters. The summed E-state index contributed by atoms with van der Waals surface area (Å²) >= 11 is 0. The molecule has 5 fully saturated rings. The predicted molar refractivity (Wildman–Crippen MR) is 162 cm³/mol. The Hall–Kier alpha value is -0.710. The van der Waals surface area contributed by atoms with Gasteiger partial charge >= 0.3 is 10.4 Å². The number of hydrogen-bond acceptors (Lipinski definition) is 11. The van der Waals surface area contributed by atoms with E-state index >= 15 is 0 Å². The fourth-order valence-corrected chi connectivity index (χ4v) is 11.0. The maximum absolute atomic E-state index is 12.6. The summed E-state index contributed by atoms with van der Waals surface area (Å²) in [6.07, 6.45) is -0.710. The third-order valence-electron chi connectivity index (χ3n) is 12.6. The molecule has 1 aliphatic heterocycles. The Kier molecular flexibility index (Phi) is 9.99. The van der Waals surface area contributed by atoms with Crippen molar-refractivity contribution in [1.82, 2.24) is 0 Å². The van der Waals surface area contributed by atoms with Gasteiger partial charge in [0, 0.05) is 12.3 Å². The van der Waals surface area contributed by atoms with Gasteiger partial charge in [0.05, 0.1) is 36.6 Å². The van der Waals surface area contributed by atoms with Gasteiger partial charge in [0.25, 0.3) is 0 Å². The Morgan fingerprint density at radius 3 is 2.20 bits per heavy atom. The highest BCUT2D eigenvalue weighted by Crippen LogP contribution is 2.69. The van der Waals surface area contributed by atoms with E-state index in [2.05, 4.69) is 26.8 Å². The Morgan fingerprint density at radius 2 is 1.56 bits per heavy atom. The van der Waals surface area contributed by atoms with Crippen LogP contribution in [0.15, 0.2) is 12.2 Å². The fourth-order valence-electron chi connectivity index (χ4n) is 10.5. The lowest BCUT2D eigenvalue weighted by Crippen LogP contribution is -2.68. The molecule has 13 heteroatoms. The standard InChI is InChI=1S/C32H54O12S/c1-16(2)24(43-29-27(37)26(36)23(35)15-42-29)7-6-17(3)19-13-21(33)28-31(19,5)11-9-25-30(4)10-8-18(44-45(39,40)41)12-20(30)22(34)14-32(25,28)38/h6-7,16-29,33-38H,8-15H2,1-5H3,(H,39,40,41)/b7-6+/t17-,18+,19-,20-,21+,22-,23-,24+,25-,26+,27-,28-,29+,30+,31-,32+/m1/s1. The largest absolute Gasteiger partial charge is 0.397 e. The van der Waals surface area contributed by atoms with E-state index in [1.54, 1.807) is 0 Å². The van der Waals surface area contributed by atoms with Gasteiger partial charge in [0.15, 0.2) is 6.29 Å². The van der Waals surface area contributed by atoms with Crippen molar-refractivity contribution in [2.75, 3.05) is 6.61 Å². The molecule has 0 spiro atoms. The quantitative estimate of drug-likeness (QED) is 0.146. The minimum atomic E-state index is -4.62. The van der Waals surface area contributed by atoms with E-state index in [4.69, 9.17) is 13.7 Å². The van der Waals surface area contributed by atoms with E-state index in [1.165, 1.54) is 0 Å². The molecule has 7 N–H and O–H groups in total. The summed E-state index contributed by atoms with van der Waals surface area (Å²) < 4.78 is 48.4. The number of ether oxygens (including phenoxy) is 2. The molecule has 5 rings (SSSR count). The number of allylic oxidation sites excluding steroid dienone is 1. The molecule has 0 aromatic heterocycles. The van der Waals surface area contributed by atoms with E-state index < -0.39 is 81.8 Å². The minimum absolute atomic E-state index is 0.00544. The van der Waals surface area contributed by atoms with Gasteiger partial charge in [-0.3, -0.25) is 4.55 Å². The summed E-state index contributed by atoms with van der Waals surface area (Å²) in [6, 6.07) is 0. The molecular weight excluding hydrogens is 608 g/mol. The molecule has 1 saturated heterocycles. The van der Waals surface area contributed by atoms with Crippen LogP contribution in [0.4, 0.5) is 0 Å². The molecule has 12 nitrogen and oxygen atoms in total. The molecule has 260 valence electrons. The molecule has 0 aromatic carbocycles. The van der Waals surface area contributed by atoms with Crippen LogP contribution in [0.2, 0.25) is 0 Å². The smallest absolute Gasteiger partial charge is 0.393 e. The lowest BCUT2D eigenvalue weighted by Gasteiger charge is -2.66. The Morgan fingerprint density at radius 1 is 0.889 bits per heavy atom. The first-order valence-electron chi connectivity index (χ1n) is 16.6. The van der Waals surface area contributed by atoms with Crippen molar-refractivity contribution >= 4 is 10.4 Å². The molecule has 0 aromatic rings. The predicted octanol–water partition coefficient (Wildman–Crippen LogP) is 1.56. The van der Waals surface area contributed by atoms with Crippen LogP contribution in [0.1, 0.15) is 79.6 Å². The Balaban J connectivity index is 1.33. The van der Waals surface area contributed by atoms with E-state index in [-0.39, 0.29) is 49.0 Å². The molecule has 0 unspecified atom stereocenters. The maximum Gasteiger partial charge on any atom is 0.397 e. The van der Waals surface area contributed by atoms with E-state index in [0.717, 1.165) is 6.42 Å². The van der Waals surface area contributed by atoms with Gasteiger partial charge in [-0.05, 0) is 78.9 Å². The molecule has 4 saturated carbocycles. The van der Waals surface area contributed by atoms with E-state index in [0.29, 0.717) is 25.7 Å². The molecule has 1 heterocycles. The molecule has 5 aliphatic rings. The first kappa shape index (κ1) is 35.6. The topological polar surface area (TPSA) is 203 Å². The monoisotopic (exact) mass is 662 g/mol. The summed E-state index contributed by atoms with van der Waals surface area (Å²) in [5.74, 6) is -0.933. The lowest BCUT2D eigenvalue weighted by atomic mass is 9.42. The average molecular weight is 663 g/mol. The highest BCUT2D eigenvalue weighted by atomic mass is 32.3. The van der Waals surface area contributed by atoms with Crippen molar-refractivity contribution in [3.8, 4) is 0 Å². The van der Waals surface area contributed by atoms with Gasteiger partial charge in [-0.1, -0.05) is 46.8 Å². The molecule has 45 heavy (non-hydrogen) atoms. The second-order valence-electron chi connectivity index (χ2n) is 15.6. The molecular formula is C32H54O12S. The van der Waals surface area contributed by atoms with Crippen LogP contribution < -0.4 is 0 Å². The second kappa shape index (κ2) is 12.6. The number of aliphatic hydroxyl groups excluding tert-OH is 5. The lowest BCUT2D eigenvalue weighted by molar-refractivity contribution is -0.280. The first-order valence-corrected chi connectivity index (χ1v) is 17.9. The van der Waals surface area contributed by atoms with Crippen LogP contribution in [0.25, 0.3) is 0 Å². The van der Waals surface area contributed by atoms with Crippen molar-refractivity contribution in [1.29, 1.82) is 0 Å². The highest BCUT2D eigenvalue weighted by Gasteiger charge is 2.70. The van der Waals surface area contributed by atoms with Crippen LogP contribution >= 0.6 is 0 Å². The Labute approximate surface area is 266 Å². The number of aliphatic hydroxyl groups is 6. The second-order valence-corrected chi connectivity index (χ2v) is 16.7. The van der Waals surface area contributed by atoms with Crippen molar-refractivity contribution in [3.05, 3.63) is 12.2 Å². The van der Waals surface area contributed by atoms with Gasteiger partial charge in [-0.2, -0.15) is 8.42 Å². The third-order valence-corrected chi connectivity index (χ3v) is 13.1. The first-order chi connectivity index (χ1) is 20.8. The average Bonchev–Trinajstić information content (AvgIpc) is 3.21. The van der Waals surface area contributed by atoms with Crippen LogP contribution in [0.3, 0.4) is 0 Å².